The zero-order valence-electron chi connectivity index (χ0n) is 9.45. The van der Waals surface area contributed by atoms with Crippen molar-refractivity contribution in [1.82, 2.24) is 15.5 Å². The van der Waals surface area contributed by atoms with Crippen LogP contribution >= 0.6 is 0 Å². The SMILES string of the molecule is CC1C(=O)NC(=O)CN1c1ccc(C(=O)O)nn1. The van der Waals surface area contributed by atoms with Gasteiger partial charge in [0.25, 0.3) is 0 Å². The van der Waals surface area contributed by atoms with Crippen LogP contribution in [-0.4, -0.2) is 45.7 Å². The number of piperazine rings is 1. The molecule has 94 valence electrons. The van der Waals surface area contributed by atoms with Crippen molar-refractivity contribution in [3.05, 3.63) is 17.8 Å². The average Bonchev–Trinajstić information content (AvgIpc) is 2.34. The highest BCUT2D eigenvalue weighted by molar-refractivity contribution is 6.04. The number of carboxylic acids is 1. The van der Waals surface area contributed by atoms with Gasteiger partial charge in [-0.15, -0.1) is 10.2 Å². The van der Waals surface area contributed by atoms with Crippen LogP contribution in [-0.2, 0) is 9.59 Å². The number of aromatic nitrogens is 2. The van der Waals surface area contributed by atoms with Gasteiger partial charge in [-0.3, -0.25) is 14.9 Å². The number of rotatable bonds is 2. The van der Waals surface area contributed by atoms with Crippen molar-refractivity contribution in [2.45, 2.75) is 13.0 Å². The van der Waals surface area contributed by atoms with Gasteiger partial charge in [0.2, 0.25) is 11.8 Å². The van der Waals surface area contributed by atoms with E-state index in [9.17, 15) is 14.4 Å². The van der Waals surface area contributed by atoms with Crippen LogP contribution in [0.25, 0.3) is 0 Å². The summed E-state index contributed by atoms with van der Waals surface area (Å²) in [5.41, 5.74) is -0.195. The molecule has 0 bridgehead atoms. The number of carboxylic acid groups (broad SMARTS) is 1. The quantitative estimate of drug-likeness (QED) is 0.649. The third kappa shape index (κ3) is 2.12. The predicted molar refractivity (Wildman–Crippen MR) is 58.9 cm³/mol. The van der Waals surface area contributed by atoms with Gasteiger partial charge in [-0.1, -0.05) is 0 Å². The fraction of sp³-hybridized carbons (Fsp3) is 0.300. The lowest BCUT2D eigenvalue weighted by atomic mass is 10.2. The Morgan fingerprint density at radius 2 is 2.17 bits per heavy atom. The second kappa shape index (κ2) is 4.40. The standard InChI is InChI=1S/C10H10N4O4/c1-5-9(16)11-8(15)4-14(5)7-3-2-6(10(17)18)12-13-7/h2-3,5H,4H2,1H3,(H,17,18)(H,11,15,16). The molecule has 2 N–H and O–H groups in total. The molecule has 2 amide bonds. The number of anilines is 1. The van der Waals surface area contributed by atoms with Gasteiger partial charge in [-0.2, -0.15) is 0 Å². The van der Waals surface area contributed by atoms with E-state index in [2.05, 4.69) is 15.5 Å². The number of hydrogen-bond donors (Lipinski definition) is 2. The number of carbonyl (C=O) groups is 3. The first-order valence-corrected chi connectivity index (χ1v) is 5.16. The monoisotopic (exact) mass is 250 g/mol. The van der Waals surface area contributed by atoms with Gasteiger partial charge in [0, 0.05) is 0 Å². The second-order valence-electron chi connectivity index (χ2n) is 3.80. The van der Waals surface area contributed by atoms with Crippen LogP contribution in [0.2, 0.25) is 0 Å². The summed E-state index contributed by atoms with van der Waals surface area (Å²) in [6.45, 7) is 1.60. The molecule has 0 saturated carbocycles. The molecule has 2 rings (SSSR count). The van der Waals surface area contributed by atoms with Gasteiger partial charge in [0.05, 0.1) is 6.54 Å². The van der Waals surface area contributed by atoms with Crippen LogP contribution in [0.4, 0.5) is 5.82 Å². The number of carbonyl (C=O) groups excluding carboxylic acids is 2. The van der Waals surface area contributed by atoms with Crippen molar-refractivity contribution < 1.29 is 19.5 Å². The summed E-state index contributed by atoms with van der Waals surface area (Å²) < 4.78 is 0. The summed E-state index contributed by atoms with van der Waals surface area (Å²) >= 11 is 0. The van der Waals surface area contributed by atoms with Gasteiger partial charge in [0.1, 0.15) is 6.04 Å². The molecule has 1 saturated heterocycles. The molecule has 1 aromatic heterocycles. The Morgan fingerprint density at radius 1 is 1.44 bits per heavy atom. The van der Waals surface area contributed by atoms with Gasteiger partial charge in [-0.05, 0) is 19.1 Å². The second-order valence-corrected chi connectivity index (χ2v) is 3.80. The average molecular weight is 250 g/mol. The van der Waals surface area contributed by atoms with Crippen LogP contribution in [0.15, 0.2) is 12.1 Å². The number of amides is 2. The van der Waals surface area contributed by atoms with E-state index < -0.39 is 23.8 Å². The van der Waals surface area contributed by atoms with Gasteiger partial charge in [-0.25, -0.2) is 4.79 Å². The summed E-state index contributed by atoms with van der Waals surface area (Å²) in [6.07, 6.45) is 0. The predicted octanol–water partition coefficient (Wildman–Crippen LogP) is -0.974. The molecule has 1 aliphatic heterocycles. The highest BCUT2D eigenvalue weighted by Crippen LogP contribution is 2.15. The molecule has 8 nitrogen and oxygen atoms in total. The lowest BCUT2D eigenvalue weighted by Gasteiger charge is -2.32. The summed E-state index contributed by atoms with van der Waals surface area (Å²) in [5.74, 6) is -1.75. The Kier molecular flexibility index (Phi) is 2.92. The minimum absolute atomic E-state index is 0.0198. The van der Waals surface area contributed by atoms with E-state index in [0.717, 1.165) is 0 Å². The van der Waals surface area contributed by atoms with Crippen molar-refractivity contribution >= 4 is 23.6 Å². The summed E-state index contributed by atoms with van der Waals surface area (Å²) in [5, 5.41) is 18.1. The molecular formula is C10H10N4O4. The number of aromatic carboxylic acids is 1. The molecule has 1 unspecified atom stereocenters. The van der Waals surface area contributed by atoms with Crippen LogP contribution < -0.4 is 10.2 Å². The summed E-state index contributed by atoms with van der Waals surface area (Å²) in [6, 6.07) is 2.13. The first kappa shape index (κ1) is 12.0. The Labute approximate surface area is 102 Å². The van der Waals surface area contributed by atoms with Gasteiger partial charge in [0.15, 0.2) is 11.5 Å². The minimum Gasteiger partial charge on any atom is -0.476 e. The topological polar surface area (TPSA) is 112 Å². The largest absolute Gasteiger partial charge is 0.476 e. The Bertz CT molecular complexity index is 513. The van der Waals surface area contributed by atoms with Crippen molar-refractivity contribution in [1.29, 1.82) is 0 Å². The summed E-state index contributed by atoms with van der Waals surface area (Å²) in [7, 11) is 0. The van der Waals surface area contributed by atoms with Crippen molar-refractivity contribution in [2.75, 3.05) is 11.4 Å². The number of nitrogens with zero attached hydrogens (tertiary/aromatic N) is 3. The fourth-order valence-corrected chi connectivity index (χ4v) is 1.59. The van der Waals surface area contributed by atoms with E-state index in [1.807, 2.05) is 0 Å². The number of imide groups is 1. The first-order chi connectivity index (χ1) is 8.49. The van der Waals surface area contributed by atoms with Gasteiger partial charge < -0.3 is 10.0 Å². The molecular weight excluding hydrogens is 240 g/mol. The Hall–Kier alpha value is -2.51. The molecule has 8 heteroatoms. The molecule has 1 aromatic rings. The van der Waals surface area contributed by atoms with Crippen molar-refractivity contribution in [2.24, 2.45) is 0 Å². The zero-order chi connectivity index (χ0) is 13.3. The lowest BCUT2D eigenvalue weighted by Crippen LogP contribution is -2.57. The lowest BCUT2D eigenvalue weighted by molar-refractivity contribution is -0.132. The molecule has 0 aliphatic carbocycles. The van der Waals surface area contributed by atoms with Crippen molar-refractivity contribution in [3.8, 4) is 0 Å². The molecule has 1 atom stereocenters. The van der Waals surface area contributed by atoms with Crippen LogP contribution in [0, 0.1) is 0 Å². The van der Waals surface area contributed by atoms with E-state index in [-0.39, 0.29) is 18.1 Å². The third-order valence-electron chi connectivity index (χ3n) is 2.59. The normalized spacial score (nSPS) is 19.6. The van der Waals surface area contributed by atoms with Gasteiger partial charge >= 0.3 is 5.97 Å². The number of hydrogen-bond acceptors (Lipinski definition) is 6. The maximum atomic E-state index is 11.4. The maximum Gasteiger partial charge on any atom is 0.356 e. The molecule has 0 spiro atoms. The molecule has 1 aliphatic rings. The Balaban J connectivity index is 2.27. The summed E-state index contributed by atoms with van der Waals surface area (Å²) in [4.78, 5) is 34.8. The molecule has 0 aromatic carbocycles. The minimum atomic E-state index is -1.19. The van der Waals surface area contributed by atoms with E-state index in [1.165, 1.54) is 17.0 Å². The Morgan fingerprint density at radius 3 is 2.72 bits per heavy atom. The first-order valence-electron chi connectivity index (χ1n) is 5.16. The molecule has 18 heavy (non-hydrogen) atoms. The number of nitrogens with one attached hydrogen (secondary N) is 1. The van der Waals surface area contributed by atoms with Crippen LogP contribution in [0.5, 0.6) is 0 Å². The highest BCUT2D eigenvalue weighted by Gasteiger charge is 2.31. The highest BCUT2D eigenvalue weighted by atomic mass is 16.4. The van der Waals surface area contributed by atoms with Crippen LogP contribution in [0.1, 0.15) is 17.4 Å². The zero-order valence-corrected chi connectivity index (χ0v) is 9.45. The van der Waals surface area contributed by atoms with E-state index in [4.69, 9.17) is 5.11 Å². The third-order valence-corrected chi connectivity index (χ3v) is 2.59. The molecule has 1 fully saturated rings. The molecule has 2 heterocycles. The van der Waals surface area contributed by atoms with Crippen molar-refractivity contribution in [3.63, 3.8) is 0 Å². The maximum absolute atomic E-state index is 11.4. The smallest absolute Gasteiger partial charge is 0.356 e. The van der Waals surface area contributed by atoms with E-state index in [1.54, 1.807) is 6.92 Å². The molecule has 0 radical (unpaired) electrons. The van der Waals surface area contributed by atoms with E-state index in [0.29, 0.717) is 0 Å². The van der Waals surface area contributed by atoms with E-state index >= 15 is 0 Å². The van der Waals surface area contributed by atoms with Crippen LogP contribution in [0.3, 0.4) is 0 Å². The fourth-order valence-electron chi connectivity index (χ4n) is 1.59.